The van der Waals surface area contributed by atoms with Crippen LogP contribution in [0.2, 0.25) is 18.1 Å². The van der Waals surface area contributed by atoms with E-state index in [2.05, 4.69) is 39.9 Å². The largest absolute Gasteiger partial charge is 0.491 e. The lowest BCUT2D eigenvalue weighted by molar-refractivity contribution is 0.203. The molecule has 3 heteroatoms. The highest BCUT2D eigenvalue weighted by Crippen LogP contribution is 2.36. The van der Waals surface area contributed by atoms with Gasteiger partial charge in [-0.25, -0.2) is 0 Å². The van der Waals surface area contributed by atoms with Crippen molar-refractivity contribution >= 4 is 8.32 Å². The average molecular weight is 251 g/mol. The summed E-state index contributed by atoms with van der Waals surface area (Å²) in [5.74, 6) is 0.784. The Morgan fingerprint density at radius 2 is 1.88 bits per heavy atom. The second-order valence-electron chi connectivity index (χ2n) is 5.68. The summed E-state index contributed by atoms with van der Waals surface area (Å²) in [7, 11) is -1.63. The topological polar surface area (TPSA) is 18.5 Å². The molecule has 1 aromatic carbocycles. The van der Waals surface area contributed by atoms with Gasteiger partial charge in [0.2, 0.25) is 0 Å². The molecular weight excluding hydrogens is 228 g/mol. The number of para-hydroxylation sites is 1. The van der Waals surface area contributed by atoms with Crippen LogP contribution in [0.1, 0.15) is 20.8 Å². The number of rotatable bonds is 5. The lowest BCUT2D eigenvalue weighted by atomic mass is 10.2. The zero-order chi connectivity index (χ0) is 12.9. The van der Waals surface area contributed by atoms with Gasteiger partial charge in [-0.2, -0.15) is 0 Å². The highest BCUT2D eigenvalue weighted by Gasteiger charge is 2.36. The Morgan fingerprint density at radius 1 is 1.18 bits per heavy atom. The molecule has 0 unspecified atom stereocenters. The van der Waals surface area contributed by atoms with Gasteiger partial charge in [-0.1, -0.05) is 39.0 Å². The van der Waals surface area contributed by atoms with Gasteiger partial charge in [0.15, 0.2) is 8.32 Å². The molecule has 0 fully saturated rings. The standard InChI is InChI=1S/C14H23O2Si/c1-14(2,3)17(4,5)16-12-11-15-13-9-7-6-8-10-13/h6-9H,11-12H2,1-5H3. The Morgan fingerprint density at radius 3 is 2.41 bits per heavy atom. The van der Waals surface area contributed by atoms with Crippen molar-refractivity contribution in [2.45, 2.75) is 38.9 Å². The van der Waals surface area contributed by atoms with Crippen LogP contribution in [0.4, 0.5) is 0 Å². The Balaban J connectivity index is 2.30. The van der Waals surface area contributed by atoms with Gasteiger partial charge in [-0.15, -0.1) is 0 Å². The van der Waals surface area contributed by atoms with Crippen molar-refractivity contribution < 1.29 is 9.16 Å². The number of hydrogen-bond donors (Lipinski definition) is 0. The Kier molecular flexibility index (Phi) is 4.77. The summed E-state index contributed by atoms with van der Waals surface area (Å²) in [5, 5.41) is 0.256. The van der Waals surface area contributed by atoms with Gasteiger partial charge in [0, 0.05) is 6.07 Å². The Labute approximate surface area is 106 Å². The van der Waals surface area contributed by atoms with Crippen molar-refractivity contribution in [1.82, 2.24) is 0 Å². The quantitative estimate of drug-likeness (QED) is 0.584. The fourth-order valence-electron chi connectivity index (χ4n) is 1.13. The molecule has 0 bridgehead atoms. The molecule has 0 amide bonds. The van der Waals surface area contributed by atoms with Crippen LogP contribution in [0, 0.1) is 6.07 Å². The predicted octanol–water partition coefficient (Wildman–Crippen LogP) is 3.89. The van der Waals surface area contributed by atoms with Crippen LogP contribution in [0.5, 0.6) is 5.75 Å². The third kappa shape index (κ3) is 4.52. The molecular formula is C14H23O2Si. The molecule has 1 aromatic rings. The van der Waals surface area contributed by atoms with Crippen LogP contribution in [0.25, 0.3) is 0 Å². The highest BCUT2D eigenvalue weighted by molar-refractivity contribution is 6.74. The molecule has 0 saturated carbocycles. The molecule has 0 spiro atoms. The van der Waals surface area contributed by atoms with E-state index in [0.29, 0.717) is 13.2 Å². The van der Waals surface area contributed by atoms with Gasteiger partial charge in [-0.3, -0.25) is 0 Å². The summed E-state index contributed by atoms with van der Waals surface area (Å²) in [6.07, 6.45) is 0. The molecule has 0 aliphatic heterocycles. The molecule has 0 atom stereocenters. The second-order valence-corrected chi connectivity index (χ2v) is 10.5. The normalized spacial score (nSPS) is 12.5. The maximum atomic E-state index is 6.02. The third-order valence-corrected chi connectivity index (χ3v) is 7.83. The smallest absolute Gasteiger partial charge is 0.192 e. The summed E-state index contributed by atoms with van der Waals surface area (Å²) >= 11 is 0. The molecule has 0 heterocycles. The monoisotopic (exact) mass is 251 g/mol. The Bertz CT molecular complexity index is 328. The molecule has 1 radical (unpaired) electrons. The first-order chi connectivity index (χ1) is 7.83. The van der Waals surface area contributed by atoms with Crippen molar-refractivity contribution in [3.63, 3.8) is 0 Å². The first-order valence-corrected chi connectivity index (χ1v) is 8.97. The molecule has 1 rings (SSSR count). The maximum Gasteiger partial charge on any atom is 0.192 e. The minimum Gasteiger partial charge on any atom is -0.491 e. The molecule has 0 aromatic heterocycles. The van der Waals surface area contributed by atoms with Crippen LogP contribution in [-0.4, -0.2) is 21.5 Å². The summed E-state index contributed by atoms with van der Waals surface area (Å²) in [4.78, 5) is 0. The minimum atomic E-state index is -1.63. The summed E-state index contributed by atoms with van der Waals surface area (Å²) in [6, 6.07) is 10.7. The average Bonchev–Trinajstić information content (AvgIpc) is 2.24. The third-order valence-electron chi connectivity index (χ3n) is 3.29. The van der Waals surface area contributed by atoms with Crippen molar-refractivity contribution in [2.24, 2.45) is 0 Å². The van der Waals surface area contributed by atoms with E-state index in [0.717, 1.165) is 5.75 Å². The van der Waals surface area contributed by atoms with Gasteiger partial charge in [0.1, 0.15) is 12.4 Å². The summed E-state index contributed by atoms with van der Waals surface area (Å²) in [5.41, 5.74) is 0. The van der Waals surface area contributed by atoms with Crippen LogP contribution < -0.4 is 4.74 Å². The van der Waals surface area contributed by atoms with Crippen LogP contribution in [0.3, 0.4) is 0 Å². The molecule has 0 aliphatic rings. The lowest BCUT2D eigenvalue weighted by Crippen LogP contribution is -2.41. The SMILES string of the molecule is CC(C)(C)[Si](C)(C)OCCOc1[c]cccc1. The van der Waals surface area contributed by atoms with Crippen LogP contribution >= 0.6 is 0 Å². The number of ether oxygens (including phenoxy) is 1. The Hall–Kier alpha value is -0.803. The van der Waals surface area contributed by atoms with Crippen molar-refractivity contribution in [3.05, 3.63) is 30.3 Å². The van der Waals surface area contributed by atoms with Gasteiger partial charge in [-0.05, 0) is 24.2 Å². The molecule has 2 nitrogen and oxygen atoms in total. The number of benzene rings is 1. The zero-order valence-electron chi connectivity index (χ0n) is 11.5. The molecule has 17 heavy (non-hydrogen) atoms. The van der Waals surface area contributed by atoms with E-state index in [1.165, 1.54) is 0 Å². The molecule has 95 valence electrons. The van der Waals surface area contributed by atoms with Gasteiger partial charge < -0.3 is 9.16 Å². The van der Waals surface area contributed by atoms with Crippen molar-refractivity contribution in [3.8, 4) is 5.75 Å². The molecule has 0 N–H and O–H groups in total. The van der Waals surface area contributed by atoms with E-state index in [9.17, 15) is 0 Å². The fourth-order valence-corrected chi connectivity index (χ4v) is 2.16. The van der Waals surface area contributed by atoms with E-state index in [4.69, 9.17) is 9.16 Å². The van der Waals surface area contributed by atoms with Crippen LogP contribution in [-0.2, 0) is 4.43 Å². The maximum absolute atomic E-state index is 6.02. The summed E-state index contributed by atoms with van der Waals surface area (Å²) in [6.45, 7) is 12.5. The van der Waals surface area contributed by atoms with E-state index in [-0.39, 0.29) is 5.04 Å². The lowest BCUT2D eigenvalue weighted by Gasteiger charge is -2.36. The first kappa shape index (κ1) is 14.3. The molecule has 0 saturated heterocycles. The zero-order valence-corrected chi connectivity index (χ0v) is 12.5. The predicted molar refractivity (Wildman–Crippen MR) is 73.9 cm³/mol. The fraction of sp³-hybridized carbons (Fsp3) is 0.571. The van der Waals surface area contributed by atoms with Gasteiger partial charge in [0.25, 0.3) is 0 Å². The van der Waals surface area contributed by atoms with E-state index < -0.39 is 8.32 Å². The highest BCUT2D eigenvalue weighted by atomic mass is 28.4. The minimum absolute atomic E-state index is 0.256. The van der Waals surface area contributed by atoms with E-state index in [1.54, 1.807) is 0 Å². The van der Waals surface area contributed by atoms with Crippen molar-refractivity contribution in [1.29, 1.82) is 0 Å². The first-order valence-electron chi connectivity index (χ1n) is 6.06. The second kappa shape index (κ2) is 5.69. The van der Waals surface area contributed by atoms with Gasteiger partial charge in [0.05, 0.1) is 6.61 Å². The molecule has 0 aliphatic carbocycles. The van der Waals surface area contributed by atoms with E-state index in [1.807, 2.05) is 24.3 Å². The van der Waals surface area contributed by atoms with Crippen molar-refractivity contribution in [2.75, 3.05) is 13.2 Å². The van der Waals surface area contributed by atoms with Crippen LogP contribution in [0.15, 0.2) is 24.3 Å². The summed E-state index contributed by atoms with van der Waals surface area (Å²) < 4.78 is 11.6. The van der Waals surface area contributed by atoms with Gasteiger partial charge >= 0.3 is 0 Å². The van der Waals surface area contributed by atoms with E-state index >= 15 is 0 Å². The number of hydrogen-bond acceptors (Lipinski definition) is 2.